The molecule has 0 saturated carbocycles. The molecule has 2 aromatic carbocycles. The highest BCUT2D eigenvalue weighted by Crippen LogP contribution is 2.12. The van der Waals surface area contributed by atoms with Crippen LogP contribution in [0.4, 0.5) is 0 Å². The smallest absolute Gasteiger partial charge is 0.251 e. The van der Waals surface area contributed by atoms with Crippen LogP contribution in [0, 0.1) is 0 Å². The van der Waals surface area contributed by atoms with Gasteiger partial charge in [-0.25, -0.2) is 18.1 Å². The number of sulfonamides is 1. The van der Waals surface area contributed by atoms with Gasteiger partial charge in [-0.05, 0) is 49.9 Å². The summed E-state index contributed by atoms with van der Waals surface area (Å²) < 4.78 is 27.7. The van der Waals surface area contributed by atoms with Gasteiger partial charge in [0.1, 0.15) is 0 Å². The highest BCUT2D eigenvalue weighted by atomic mass is 32.2. The first kappa shape index (κ1) is 18.1. The number of imidazole rings is 1. The molecule has 8 heteroatoms. The number of fused-ring (bicyclic) bond motifs is 1. The molecule has 0 unspecified atom stereocenters. The van der Waals surface area contributed by atoms with Crippen LogP contribution in [0.1, 0.15) is 16.8 Å². The van der Waals surface area contributed by atoms with Crippen molar-refractivity contribution in [3.8, 4) is 0 Å². The fraction of sp³-hybridized carbons (Fsp3) is 0.222. The van der Waals surface area contributed by atoms with Gasteiger partial charge in [0.05, 0.1) is 22.3 Å². The van der Waals surface area contributed by atoms with Crippen molar-refractivity contribution in [1.82, 2.24) is 19.6 Å². The average Bonchev–Trinajstić information content (AvgIpc) is 3.08. The molecule has 0 spiro atoms. The van der Waals surface area contributed by atoms with Crippen molar-refractivity contribution in [3.63, 3.8) is 0 Å². The number of aryl methyl sites for hydroxylation is 1. The Bertz CT molecular complexity index is 1010. The molecule has 1 heterocycles. The molecule has 0 aliphatic rings. The van der Waals surface area contributed by atoms with Crippen LogP contribution >= 0.6 is 0 Å². The Kier molecular flexibility index (Phi) is 5.34. The van der Waals surface area contributed by atoms with Crippen molar-refractivity contribution in [1.29, 1.82) is 0 Å². The number of hydrogen-bond acceptors (Lipinski definition) is 4. The van der Waals surface area contributed by atoms with Crippen molar-refractivity contribution >= 4 is 27.0 Å². The van der Waals surface area contributed by atoms with Crippen molar-refractivity contribution in [3.05, 3.63) is 60.4 Å². The van der Waals surface area contributed by atoms with Gasteiger partial charge in [-0.2, -0.15) is 0 Å². The zero-order valence-corrected chi connectivity index (χ0v) is 15.2. The minimum absolute atomic E-state index is 0.128. The number of hydrogen-bond donors (Lipinski definition) is 2. The average molecular weight is 372 g/mol. The van der Waals surface area contributed by atoms with E-state index in [0.717, 1.165) is 24.0 Å². The lowest BCUT2D eigenvalue weighted by atomic mass is 10.2. The molecular formula is C18H20N4O3S. The van der Waals surface area contributed by atoms with E-state index in [1.54, 1.807) is 6.33 Å². The first-order chi connectivity index (χ1) is 12.5. The lowest BCUT2D eigenvalue weighted by Crippen LogP contribution is -2.25. The zero-order valence-electron chi connectivity index (χ0n) is 14.3. The SMILES string of the molecule is CNS(=O)(=O)c1ccc(C(=O)NCCCn2cnc3ccccc32)cc1. The fourth-order valence-corrected chi connectivity index (χ4v) is 3.38. The minimum Gasteiger partial charge on any atom is -0.352 e. The first-order valence-electron chi connectivity index (χ1n) is 8.23. The maximum Gasteiger partial charge on any atom is 0.251 e. The van der Waals surface area contributed by atoms with Crippen molar-refractivity contribution in [2.24, 2.45) is 0 Å². The molecular weight excluding hydrogens is 352 g/mol. The van der Waals surface area contributed by atoms with Crippen LogP contribution in [-0.2, 0) is 16.6 Å². The standard InChI is InChI=1S/C18H20N4O3S/c1-19-26(24,25)15-9-7-14(8-10-15)18(23)20-11-4-12-22-13-21-16-5-2-3-6-17(16)22/h2-3,5-10,13,19H,4,11-12H2,1H3,(H,20,23). The molecule has 0 atom stereocenters. The van der Waals surface area contributed by atoms with Gasteiger partial charge in [0.15, 0.2) is 0 Å². The number of nitrogens with one attached hydrogen (secondary N) is 2. The summed E-state index contributed by atoms with van der Waals surface area (Å²) in [6, 6.07) is 13.7. The first-order valence-corrected chi connectivity index (χ1v) is 9.71. The Balaban J connectivity index is 1.53. The lowest BCUT2D eigenvalue weighted by Gasteiger charge is -2.08. The number of aromatic nitrogens is 2. The molecule has 136 valence electrons. The Morgan fingerprint density at radius 3 is 2.58 bits per heavy atom. The van der Waals surface area contributed by atoms with Crippen LogP contribution in [0.3, 0.4) is 0 Å². The maximum absolute atomic E-state index is 12.2. The number of amides is 1. The van der Waals surface area contributed by atoms with Crippen LogP contribution in [0.15, 0.2) is 59.8 Å². The Hall–Kier alpha value is -2.71. The number of nitrogens with zero attached hydrogens (tertiary/aromatic N) is 2. The largest absolute Gasteiger partial charge is 0.352 e. The van der Waals surface area contributed by atoms with E-state index in [1.807, 2.05) is 24.3 Å². The van der Waals surface area contributed by atoms with E-state index in [4.69, 9.17) is 0 Å². The fourth-order valence-electron chi connectivity index (χ4n) is 2.65. The second-order valence-electron chi connectivity index (χ2n) is 5.77. The molecule has 0 bridgehead atoms. The third-order valence-electron chi connectivity index (χ3n) is 4.08. The second kappa shape index (κ2) is 7.67. The molecule has 2 N–H and O–H groups in total. The van der Waals surface area contributed by atoms with Crippen molar-refractivity contribution in [2.75, 3.05) is 13.6 Å². The molecule has 0 saturated heterocycles. The second-order valence-corrected chi connectivity index (χ2v) is 7.65. The normalized spacial score (nSPS) is 11.6. The number of benzene rings is 2. The van der Waals surface area contributed by atoms with E-state index >= 15 is 0 Å². The molecule has 3 rings (SSSR count). The monoisotopic (exact) mass is 372 g/mol. The van der Waals surface area contributed by atoms with Gasteiger partial charge in [-0.3, -0.25) is 4.79 Å². The minimum atomic E-state index is -3.50. The Labute approximate surface area is 152 Å². The molecule has 0 radical (unpaired) electrons. The maximum atomic E-state index is 12.2. The zero-order chi connectivity index (χ0) is 18.6. The highest BCUT2D eigenvalue weighted by Gasteiger charge is 2.12. The predicted octanol–water partition coefficient (Wildman–Crippen LogP) is 1.76. The summed E-state index contributed by atoms with van der Waals surface area (Å²) in [6.45, 7) is 1.27. The predicted molar refractivity (Wildman–Crippen MR) is 99.4 cm³/mol. The van der Waals surface area contributed by atoms with E-state index < -0.39 is 10.0 Å². The van der Waals surface area contributed by atoms with Crippen LogP contribution in [0.5, 0.6) is 0 Å². The Morgan fingerprint density at radius 1 is 1.12 bits per heavy atom. The molecule has 7 nitrogen and oxygen atoms in total. The topological polar surface area (TPSA) is 93.1 Å². The summed E-state index contributed by atoms with van der Waals surface area (Å²) in [5, 5.41) is 2.84. The summed E-state index contributed by atoms with van der Waals surface area (Å²) in [7, 11) is -2.15. The number of rotatable bonds is 7. The third kappa shape index (κ3) is 3.92. The summed E-state index contributed by atoms with van der Waals surface area (Å²) in [5.41, 5.74) is 2.45. The van der Waals surface area contributed by atoms with Gasteiger partial charge < -0.3 is 9.88 Å². The summed E-state index contributed by atoms with van der Waals surface area (Å²) in [5.74, 6) is -0.228. The van der Waals surface area contributed by atoms with E-state index in [-0.39, 0.29) is 10.8 Å². The van der Waals surface area contributed by atoms with E-state index in [9.17, 15) is 13.2 Å². The van der Waals surface area contributed by atoms with Gasteiger partial charge in [0.25, 0.3) is 5.91 Å². The highest BCUT2D eigenvalue weighted by molar-refractivity contribution is 7.89. The van der Waals surface area contributed by atoms with Crippen LogP contribution in [-0.4, -0.2) is 37.5 Å². The molecule has 0 aliphatic carbocycles. The number of carbonyl (C=O) groups excluding carboxylic acids is 1. The van der Waals surface area contributed by atoms with Crippen molar-refractivity contribution in [2.45, 2.75) is 17.9 Å². The number of para-hydroxylation sites is 2. The number of carbonyl (C=O) groups is 1. The van der Waals surface area contributed by atoms with Crippen LogP contribution in [0.25, 0.3) is 11.0 Å². The van der Waals surface area contributed by atoms with Gasteiger partial charge in [0, 0.05) is 18.7 Å². The molecule has 3 aromatic rings. The van der Waals surface area contributed by atoms with E-state index in [1.165, 1.54) is 31.3 Å². The van der Waals surface area contributed by atoms with E-state index in [2.05, 4.69) is 19.6 Å². The van der Waals surface area contributed by atoms with Gasteiger partial charge in [-0.1, -0.05) is 12.1 Å². The van der Waals surface area contributed by atoms with E-state index in [0.29, 0.717) is 12.1 Å². The molecule has 1 amide bonds. The lowest BCUT2D eigenvalue weighted by molar-refractivity contribution is 0.0952. The van der Waals surface area contributed by atoms with Crippen molar-refractivity contribution < 1.29 is 13.2 Å². The molecule has 1 aromatic heterocycles. The van der Waals surface area contributed by atoms with Crippen LogP contribution in [0.2, 0.25) is 0 Å². The molecule has 0 fully saturated rings. The summed E-state index contributed by atoms with van der Waals surface area (Å²) in [4.78, 5) is 16.6. The van der Waals surface area contributed by atoms with Gasteiger partial charge >= 0.3 is 0 Å². The molecule has 26 heavy (non-hydrogen) atoms. The van der Waals surface area contributed by atoms with Gasteiger partial charge in [-0.15, -0.1) is 0 Å². The Morgan fingerprint density at radius 2 is 1.85 bits per heavy atom. The quantitative estimate of drug-likeness (QED) is 0.618. The molecule has 0 aliphatic heterocycles. The summed E-state index contributed by atoms with van der Waals surface area (Å²) >= 11 is 0. The third-order valence-corrected chi connectivity index (χ3v) is 5.51. The van der Waals surface area contributed by atoms with Gasteiger partial charge in [0.2, 0.25) is 10.0 Å². The van der Waals surface area contributed by atoms with Crippen LogP contribution < -0.4 is 10.0 Å². The summed E-state index contributed by atoms with van der Waals surface area (Å²) in [6.07, 6.45) is 2.56.